The van der Waals surface area contributed by atoms with Crippen molar-refractivity contribution in [3.05, 3.63) is 314 Å². The lowest BCUT2D eigenvalue weighted by atomic mass is 10.0. The number of para-hydroxylation sites is 2. The van der Waals surface area contributed by atoms with Crippen LogP contribution in [0.5, 0.6) is 0 Å². The maximum Gasteiger partial charge on any atom is 0.350 e. The number of halogens is 6. The Morgan fingerprint density at radius 2 is 1.06 bits per heavy atom. The number of urea groups is 1. The number of thiazole rings is 1. The lowest BCUT2D eigenvalue weighted by Gasteiger charge is -2.30. The van der Waals surface area contributed by atoms with E-state index in [-0.39, 0.29) is 93.8 Å². The van der Waals surface area contributed by atoms with Crippen molar-refractivity contribution in [3.8, 4) is 44.5 Å². The van der Waals surface area contributed by atoms with Crippen molar-refractivity contribution in [2.24, 2.45) is 28.2 Å². The standard InChI is InChI=1S/C25H21F3N6O3S.C19H17FN4O.C18H14FN3OS.C17H14FN5O/c1-33-12-17(11-31-33)15-2-3-16(19(27)8-15)13-34-14-23(24-20(28)9-18(26)10-22(24)34)38(36,37)7-6-29-25(35)21-4-5-30-32-21;1-23-11-16(10-22-23)13-6-7-15(17(20)8-13)12-24-18-5-3-2-4-14(18)9-21-19(24)25;1-21-10-14(9-20-21)12-6-7-13(15(19)8-12)11-22-16-4-2-3-5-17(16)24-18(22)23;1-21-10-14(9-19-21)12-5-6-13(15(18)8-12)11-23-17(24)22-7-3-2-4-16(22)20-23/h2-5,8-12,14H,6-7,13H2,1H3,(H,29,35)(H,30,32);2-8,10-11H,9,12H2,1H3,(H,21,25);2*2-10H,11H2,1H3. The molecule has 0 radical (unpaired) electrons. The van der Waals surface area contributed by atoms with E-state index in [2.05, 4.69) is 46.3 Å². The van der Waals surface area contributed by atoms with E-state index in [4.69, 9.17) is 0 Å². The molecule has 111 heavy (non-hydrogen) atoms. The van der Waals surface area contributed by atoms with Crippen molar-refractivity contribution < 1.29 is 44.3 Å². The number of aryl methyl sites for hydroxylation is 4. The molecule has 0 saturated heterocycles. The molecular weight excluding hydrogens is 1480 g/mol. The Morgan fingerprint density at radius 3 is 1.59 bits per heavy atom. The first-order valence-corrected chi connectivity index (χ1v) is 36.8. The fraction of sp³-hybridized carbons (Fsp3) is 0.139. The molecule has 32 heteroatoms. The summed E-state index contributed by atoms with van der Waals surface area (Å²) in [6.45, 7) is 0.544. The minimum Gasteiger partial charge on any atom is -0.350 e. The normalized spacial score (nSPS) is 11.9. The molecule has 7 aromatic carbocycles. The Kier molecular flexibility index (Phi) is 21.3. The lowest BCUT2D eigenvalue weighted by Crippen LogP contribution is -2.43. The van der Waals surface area contributed by atoms with E-state index in [1.807, 2.05) is 106 Å². The summed E-state index contributed by atoms with van der Waals surface area (Å²) in [7, 11) is 3.05. The van der Waals surface area contributed by atoms with Crippen LogP contribution in [0.2, 0.25) is 0 Å². The summed E-state index contributed by atoms with van der Waals surface area (Å²) in [5.74, 6) is -4.67. The number of anilines is 1. The maximum absolute atomic E-state index is 15.0. The van der Waals surface area contributed by atoms with E-state index in [0.717, 1.165) is 67.1 Å². The molecule has 0 bridgehead atoms. The zero-order chi connectivity index (χ0) is 77.8. The number of H-pyrrole nitrogens is 1. The summed E-state index contributed by atoms with van der Waals surface area (Å²) >= 11 is 1.18. The van der Waals surface area contributed by atoms with E-state index in [1.165, 1.54) is 67.6 Å². The molecule has 0 saturated carbocycles. The molecule has 3 N–H and O–H groups in total. The number of aromatic amines is 1. The summed E-state index contributed by atoms with van der Waals surface area (Å²) in [6.07, 6.45) is 18.1. The second-order valence-electron chi connectivity index (χ2n) is 25.9. The first kappa shape index (κ1) is 74.4. The van der Waals surface area contributed by atoms with Crippen molar-refractivity contribution in [3.63, 3.8) is 0 Å². The molecule has 0 aliphatic carbocycles. The Balaban J connectivity index is 0.000000126. The largest absolute Gasteiger partial charge is 0.350 e. The monoisotopic (exact) mass is 1540 g/mol. The highest BCUT2D eigenvalue weighted by molar-refractivity contribution is 7.91. The van der Waals surface area contributed by atoms with Gasteiger partial charge < -0.3 is 15.2 Å². The third-order valence-electron chi connectivity index (χ3n) is 18.3. The minimum atomic E-state index is -4.14. The molecular formula is C79H66F6N18O6S2. The molecule has 562 valence electrons. The molecule has 0 atom stereocenters. The molecule has 0 fully saturated rings. The number of amides is 3. The molecule has 0 spiro atoms. The number of pyridine rings is 1. The van der Waals surface area contributed by atoms with Crippen LogP contribution in [0.1, 0.15) is 38.3 Å². The van der Waals surface area contributed by atoms with Crippen molar-refractivity contribution in [1.82, 2.24) is 83.3 Å². The van der Waals surface area contributed by atoms with Gasteiger partial charge in [-0.2, -0.15) is 25.5 Å². The number of fused-ring (bicyclic) bond motifs is 4. The van der Waals surface area contributed by atoms with Crippen molar-refractivity contribution in [2.45, 2.75) is 37.6 Å². The van der Waals surface area contributed by atoms with Crippen LogP contribution >= 0.6 is 11.3 Å². The lowest BCUT2D eigenvalue weighted by molar-refractivity contribution is 0.0951. The first-order valence-electron chi connectivity index (χ1n) is 34.3. The molecule has 16 aromatic rings. The number of benzene rings is 7. The molecule has 10 heterocycles. The number of rotatable bonds is 17. The zero-order valence-corrected chi connectivity index (χ0v) is 61.2. The summed E-state index contributed by atoms with van der Waals surface area (Å²) in [5.41, 5.74) is 10.7. The highest BCUT2D eigenvalue weighted by Crippen LogP contribution is 2.34. The fourth-order valence-electron chi connectivity index (χ4n) is 12.6. The van der Waals surface area contributed by atoms with Gasteiger partial charge in [-0.1, -0.05) is 96.3 Å². The second-order valence-corrected chi connectivity index (χ2v) is 29.0. The van der Waals surface area contributed by atoms with E-state index in [0.29, 0.717) is 46.1 Å². The van der Waals surface area contributed by atoms with Gasteiger partial charge in [-0.3, -0.25) is 47.3 Å². The number of aromatic nitrogens is 15. The Labute approximate surface area is 631 Å². The van der Waals surface area contributed by atoms with Gasteiger partial charge in [0.1, 0.15) is 40.6 Å². The van der Waals surface area contributed by atoms with Crippen LogP contribution in [-0.4, -0.2) is 105 Å². The molecule has 3 amide bonds. The van der Waals surface area contributed by atoms with E-state index in [1.54, 1.807) is 115 Å². The fourth-order valence-corrected chi connectivity index (χ4v) is 14.9. The van der Waals surface area contributed by atoms with Gasteiger partial charge in [0.05, 0.1) is 88.4 Å². The number of carbonyl (C=O) groups is 2. The molecule has 9 aromatic heterocycles. The summed E-state index contributed by atoms with van der Waals surface area (Å²) < 4.78 is 127. The Morgan fingerprint density at radius 1 is 0.541 bits per heavy atom. The van der Waals surface area contributed by atoms with Gasteiger partial charge in [0, 0.05) is 135 Å². The van der Waals surface area contributed by atoms with Crippen molar-refractivity contribution in [2.75, 3.05) is 17.2 Å². The quantitative estimate of drug-likeness (QED) is 0.0719. The van der Waals surface area contributed by atoms with Crippen LogP contribution < -0.4 is 26.1 Å². The molecule has 24 nitrogen and oxygen atoms in total. The van der Waals surface area contributed by atoms with E-state index >= 15 is 4.39 Å². The van der Waals surface area contributed by atoms with Crippen LogP contribution in [0.3, 0.4) is 0 Å². The Bertz CT molecular complexity index is 6400. The number of nitrogens with one attached hydrogen (secondary N) is 3. The average molecular weight is 1540 g/mol. The SMILES string of the molecule is Cn1cc(-c2ccc(CN3C(=O)NCc4ccccc43)c(F)c2)cn1.Cn1cc(-c2ccc(Cn3c(=O)sc4ccccc43)c(F)c2)cn1.Cn1cc(-c2ccc(Cn3cc(S(=O)(=O)CCNC(=O)c4ccn[nH]4)c4c(F)cc(F)cc43)c(F)c2)cn1.Cn1cc(-c2ccc(Cn3nc4ccccn4c3=O)c(F)c2)cn1. The summed E-state index contributed by atoms with van der Waals surface area (Å²) in [5, 5.41) is 31.7. The van der Waals surface area contributed by atoms with Crippen molar-refractivity contribution in [1.29, 1.82) is 0 Å². The molecule has 0 unspecified atom stereocenters. The predicted octanol–water partition coefficient (Wildman–Crippen LogP) is 12.6. The minimum absolute atomic E-state index is 0.0432. The Hall–Kier alpha value is -13.5. The third kappa shape index (κ3) is 16.5. The highest BCUT2D eigenvalue weighted by atomic mass is 32.2. The number of hydrogen-bond donors (Lipinski definition) is 3. The maximum atomic E-state index is 15.0. The first-order chi connectivity index (χ1) is 53.5. The van der Waals surface area contributed by atoms with Gasteiger partial charge in [0.2, 0.25) is 0 Å². The second kappa shape index (κ2) is 31.8. The summed E-state index contributed by atoms with van der Waals surface area (Å²) in [6, 6.07) is 42.9. The van der Waals surface area contributed by atoms with Gasteiger partial charge in [-0.25, -0.2) is 49.0 Å². The van der Waals surface area contributed by atoms with Gasteiger partial charge >= 0.3 is 16.6 Å². The van der Waals surface area contributed by atoms with Crippen LogP contribution in [0, 0.1) is 34.9 Å². The number of sulfone groups is 1. The van der Waals surface area contributed by atoms with E-state index in [9.17, 15) is 49.5 Å². The number of hydrogen-bond acceptors (Lipinski definition) is 13. The van der Waals surface area contributed by atoms with Gasteiger partial charge in [-0.15, -0.1) is 5.10 Å². The van der Waals surface area contributed by atoms with Crippen LogP contribution in [-0.2, 0) is 70.8 Å². The highest BCUT2D eigenvalue weighted by Gasteiger charge is 2.28. The predicted molar refractivity (Wildman–Crippen MR) is 407 cm³/mol. The number of carbonyl (C=O) groups excluding carboxylic acids is 2. The third-order valence-corrected chi connectivity index (χ3v) is 21.0. The molecule has 17 rings (SSSR count). The van der Waals surface area contributed by atoms with Crippen LogP contribution in [0.4, 0.5) is 36.8 Å². The van der Waals surface area contributed by atoms with Gasteiger partial charge in [0.15, 0.2) is 15.5 Å². The van der Waals surface area contributed by atoms with Crippen LogP contribution in [0.25, 0.3) is 71.3 Å². The topological polar surface area (TPSA) is 262 Å². The zero-order valence-electron chi connectivity index (χ0n) is 59.6. The van der Waals surface area contributed by atoms with Crippen molar-refractivity contribution >= 4 is 65.6 Å². The summed E-state index contributed by atoms with van der Waals surface area (Å²) in [4.78, 5) is 49.9. The van der Waals surface area contributed by atoms with Gasteiger partial charge in [0.25, 0.3) is 5.91 Å². The van der Waals surface area contributed by atoms with E-state index < -0.39 is 38.9 Å². The van der Waals surface area contributed by atoms with Crippen LogP contribution in [0.15, 0.2) is 240 Å². The average Bonchev–Trinajstić information content (AvgIpc) is 1.61. The van der Waals surface area contributed by atoms with Gasteiger partial charge in [-0.05, 0) is 94.5 Å². The smallest absolute Gasteiger partial charge is 0.350 e. The molecule has 1 aliphatic rings. The molecule has 1 aliphatic heterocycles. The number of nitrogens with zero attached hydrogens (tertiary/aromatic N) is 15.